The number of nitrogens with two attached hydrogens (primary N) is 1. The summed E-state index contributed by atoms with van der Waals surface area (Å²) < 4.78 is 6.32. The minimum absolute atomic E-state index is 0.0362. The minimum Gasteiger partial charge on any atom is -0.496 e. The zero-order valence-electron chi connectivity index (χ0n) is 7.17. The molecule has 14 heavy (non-hydrogen) atoms. The van der Waals surface area contributed by atoms with Crippen LogP contribution >= 0.6 is 38.5 Å². The van der Waals surface area contributed by atoms with Crippen LogP contribution in [0.1, 0.15) is 10.4 Å². The largest absolute Gasteiger partial charge is 0.496 e. The quantitative estimate of drug-likeness (QED) is 0.618. The van der Waals surface area contributed by atoms with E-state index in [1.165, 1.54) is 13.2 Å². The van der Waals surface area contributed by atoms with Gasteiger partial charge in [-0.1, -0.05) is 0 Å². The summed E-state index contributed by atoms with van der Waals surface area (Å²) in [4.78, 5) is 10.8. The average Bonchev–Trinajstić information content (AvgIpc) is 2.14. The zero-order valence-corrected chi connectivity index (χ0v) is 10.9. The number of carbonyl (C=O) groups is 1. The normalized spacial score (nSPS) is 9.93. The molecule has 0 aliphatic carbocycles. The van der Waals surface area contributed by atoms with Gasteiger partial charge in [-0.25, -0.2) is 4.79 Å². The van der Waals surface area contributed by atoms with Gasteiger partial charge in [0, 0.05) is 0 Å². The fraction of sp³-hybridized carbons (Fsp3) is 0.125. The Hall–Kier alpha value is -0.500. The van der Waals surface area contributed by atoms with Crippen LogP contribution in [0.5, 0.6) is 5.75 Å². The van der Waals surface area contributed by atoms with Crippen molar-refractivity contribution in [3.05, 3.63) is 19.7 Å². The van der Waals surface area contributed by atoms with Crippen LogP contribution in [0.25, 0.3) is 0 Å². The SMILES string of the molecule is COc1cc(C(=O)O)c(N)c(Br)c1I. The average molecular weight is 372 g/mol. The third-order valence-corrected chi connectivity index (χ3v) is 4.30. The van der Waals surface area contributed by atoms with Crippen LogP contribution in [0.4, 0.5) is 5.69 Å². The number of benzene rings is 1. The highest BCUT2D eigenvalue weighted by Gasteiger charge is 2.17. The number of hydrogen-bond acceptors (Lipinski definition) is 3. The molecular weight excluding hydrogens is 365 g/mol. The van der Waals surface area contributed by atoms with Gasteiger partial charge < -0.3 is 15.6 Å². The highest BCUT2D eigenvalue weighted by Crippen LogP contribution is 2.35. The Morgan fingerprint density at radius 3 is 2.71 bits per heavy atom. The molecule has 0 amide bonds. The van der Waals surface area contributed by atoms with Gasteiger partial charge >= 0.3 is 5.97 Å². The Bertz CT molecular complexity index is 395. The van der Waals surface area contributed by atoms with E-state index in [0.717, 1.165) is 3.57 Å². The molecular formula is C8H7BrINO3. The lowest BCUT2D eigenvalue weighted by molar-refractivity contribution is 0.0697. The molecule has 0 heterocycles. The van der Waals surface area contributed by atoms with Crippen molar-refractivity contribution in [2.75, 3.05) is 12.8 Å². The molecule has 0 aliphatic rings. The number of methoxy groups -OCH3 is 1. The number of rotatable bonds is 2. The lowest BCUT2D eigenvalue weighted by Gasteiger charge is -2.10. The van der Waals surface area contributed by atoms with Crippen LogP contribution in [0.2, 0.25) is 0 Å². The summed E-state index contributed by atoms with van der Waals surface area (Å²) in [6.45, 7) is 0. The van der Waals surface area contributed by atoms with Gasteiger partial charge in [-0.15, -0.1) is 0 Å². The van der Waals surface area contributed by atoms with E-state index < -0.39 is 5.97 Å². The van der Waals surface area contributed by atoms with Gasteiger partial charge in [0.1, 0.15) is 5.75 Å². The van der Waals surface area contributed by atoms with Gasteiger partial charge in [0.15, 0.2) is 0 Å². The highest BCUT2D eigenvalue weighted by molar-refractivity contribution is 14.1. The number of ether oxygens (including phenoxy) is 1. The number of carboxylic acid groups (broad SMARTS) is 1. The molecule has 0 bridgehead atoms. The molecule has 3 N–H and O–H groups in total. The fourth-order valence-corrected chi connectivity index (χ4v) is 2.02. The maximum Gasteiger partial charge on any atom is 0.337 e. The smallest absolute Gasteiger partial charge is 0.337 e. The summed E-state index contributed by atoms with van der Waals surface area (Å²) in [5.74, 6) is -0.582. The first-order chi connectivity index (χ1) is 6.49. The molecule has 1 aromatic rings. The molecule has 0 aliphatic heterocycles. The van der Waals surface area contributed by atoms with Crippen LogP contribution in [-0.4, -0.2) is 18.2 Å². The number of carboxylic acids is 1. The number of anilines is 1. The fourth-order valence-electron chi connectivity index (χ4n) is 0.942. The van der Waals surface area contributed by atoms with Gasteiger partial charge in [-0.2, -0.15) is 0 Å². The molecule has 0 radical (unpaired) electrons. The molecule has 4 nitrogen and oxygen atoms in total. The minimum atomic E-state index is -1.07. The number of halogens is 2. The van der Waals surface area contributed by atoms with Crippen LogP contribution < -0.4 is 10.5 Å². The molecule has 1 rings (SSSR count). The predicted octanol–water partition coefficient (Wildman–Crippen LogP) is 2.34. The molecule has 0 saturated carbocycles. The Morgan fingerprint density at radius 2 is 2.29 bits per heavy atom. The summed E-state index contributed by atoms with van der Waals surface area (Å²) in [5, 5.41) is 8.84. The Kier molecular flexibility index (Phi) is 3.59. The van der Waals surface area contributed by atoms with Gasteiger partial charge in [0.2, 0.25) is 0 Å². The van der Waals surface area contributed by atoms with Crippen molar-refractivity contribution >= 4 is 50.2 Å². The second-order valence-electron chi connectivity index (χ2n) is 2.47. The van der Waals surface area contributed by atoms with Crippen molar-refractivity contribution in [2.45, 2.75) is 0 Å². The van der Waals surface area contributed by atoms with Crippen molar-refractivity contribution in [1.82, 2.24) is 0 Å². The summed E-state index contributed by atoms with van der Waals surface area (Å²) >= 11 is 5.24. The molecule has 1 aromatic carbocycles. The van der Waals surface area contributed by atoms with E-state index in [1.807, 2.05) is 22.6 Å². The molecule has 0 spiro atoms. The van der Waals surface area contributed by atoms with E-state index in [1.54, 1.807) is 0 Å². The maximum atomic E-state index is 10.8. The van der Waals surface area contributed by atoms with E-state index in [4.69, 9.17) is 15.6 Å². The van der Waals surface area contributed by atoms with Crippen LogP contribution in [-0.2, 0) is 0 Å². The number of nitrogen functional groups attached to an aromatic ring is 1. The van der Waals surface area contributed by atoms with E-state index in [0.29, 0.717) is 10.2 Å². The lowest BCUT2D eigenvalue weighted by atomic mass is 10.2. The zero-order chi connectivity index (χ0) is 10.9. The molecule has 76 valence electrons. The van der Waals surface area contributed by atoms with Gasteiger partial charge in [-0.3, -0.25) is 0 Å². The predicted molar refractivity (Wildman–Crippen MR) is 64.8 cm³/mol. The van der Waals surface area contributed by atoms with Crippen LogP contribution in [0.3, 0.4) is 0 Å². The molecule has 0 unspecified atom stereocenters. The lowest BCUT2D eigenvalue weighted by Crippen LogP contribution is -2.05. The Morgan fingerprint density at radius 1 is 1.71 bits per heavy atom. The van der Waals surface area contributed by atoms with Crippen molar-refractivity contribution < 1.29 is 14.6 Å². The first-order valence-electron chi connectivity index (χ1n) is 3.53. The van der Waals surface area contributed by atoms with E-state index in [-0.39, 0.29) is 11.3 Å². The van der Waals surface area contributed by atoms with Gasteiger partial charge in [0.25, 0.3) is 0 Å². The third-order valence-electron chi connectivity index (χ3n) is 1.66. The summed E-state index contributed by atoms with van der Waals surface area (Å²) in [5.41, 5.74) is 5.87. The third kappa shape index (κ3) is 1.95. The summed E-state index contributed by atoms with van der Waals surface area (Å²) in [7, 11) is 1.48. The van der Waals surface area contributed by atoms with Gasteiger partial charge in [-0.05, 0) is 44.6 Å². The van der Waals surface area contributed by atoms with E-state index in [2.05, 4.69) is 15.9 Å². The van der Waals surface area contributed by atoms with E-state index >= 15 is 0 Å². The summed E-state index contributed by atoms with van der Waals surface area (Å²) in [6, 6.07) is 1.41. The highest BCUT2D eigenvalue weighted by atomic mass is 127. The van der Waals surface area contributed by atoms with Crippen molar-refractivity contribution in [1.29, 1.82) is 0 Å². The first-order valence-corrected chi connectivity index (χ1v) is 5.41. The topological polar surface area (TPSA) is 72.5 Å². The molecule has 0 atom stereocenters. The summed E-state index contributed by atoms with van der Waals surface area (Å²) in [6.07, 6.45) is 0. The van der Waals surface area contributed by atoms with Crippen LogP contribution in [0, 0.1) is 3.57 Å². The number of hydrogen-bond donors (Lipinski definition) is 2. The molecule has 6 heteroatoms. The van der Waals surface area contributed by atoms with Crippen LogP contribution in [0.15, 0.2) is 10.5 Å². The van der Waals surface area contributed by atoms with Crippen molar-refractivity contribution in [2.24, 2.45) is 0 Å². The molecule has 0 saturated heterocycles. The van der Waals surface area contributed by atoms with Crippen molar-refractivity contribution in [3.8, 4) is 5.75 Å². The second kappa shape index (κ2) is 4.35. The Labute approximate surface area is 103 Å². The Balaban J connectivity index is 3.48. The van der Waals surface area contributed by atoms with Crippen molar-refractivity contribution in [3.63, 3.8) is 0 Å². The van der Waals surface area contributed by atoms with E-state index in [9.17, 15) is 4.79 Å². The van der Waals surface area contributed by atoms with Gasteiger partial charge in [0.05, 0.1) is 26.4 Å². The maximum absolute atomic E-state index is 10.8. The first kappa shape index (κ1) is 11.6. The second-order valence-corrected chi connectivity index (χ2v) is 4.34. The monoisotopic (exact) mass is 371 g/mol. The molecule has 0 aromatic heterocycles. The number of aromatic carboxylic acids is 1. The molecule has 0 fully saturated rings. The standard InChI is InChI=1S/C8H7BrINO3/c1-14-4-2-3(8(12)13)7(11)5(9)6(4)10/h2H,11H2,1H3,(H,12,13).